The Morgan fingerprint density at radius 1 is 0.885 bits per heavy atom. The predicted molar refractivity (Wildman–Crippen MR) is 102 cm³/mol. The normalized spacial score (nSPS) is 10.9. The predicted octanol–water partition coefficient (Wildman–Crippen LogP) is 4.26. The van der Waals surface area contributed by atoms with Gasteiger partial charge in [0.15, 0.2) is 0 Å². The molecule has 0 aliphatic heterocycles. The van der Waals surface area contributed by atoms with Crippen LogP contribution in [0.3, 0.4) is 0 Å². The third-order valence-electron chi connectivity index (χ3n) is 4.07. The van der Waals surface area contributed by atoms with Crippen LogP contribution in [0.2, 0.25) is 0 Å². The van der Waals surface area contributed by atoms with Crippen molar-refractivity contribution in [3.63, 3.8) is 0 Å². The first-order chi connectivity index (χ1) is 12.5. The molecule has 0 radical (unpaired) electrons. The van der Waals surface area contributed by atoms with Crippen molar-refractivity contribution in [2.75, 3.05) is 4.31 Å². The van der Waals surface area contributed by atoms with E-state index in [4.69, 9.17) is 0 Å². The molecular weight excluding hydrogens is 344 g/mol. The molecule has 0 aliphatic rings. The van der Waals surface area contributed by atoms with Gasteiger partial charge in [0, 0.05) is 0 Å². The topological polar surface area (TPSA) is 61.2 Å². The maximum absolute atomic E-state index is 13.4. The van der Waals surface area contributed by atoms with Gasteiger partial charge in [0.1, 0.15) is 11.0 Å². The van der Waals surface area contributed by atoms with Crippen LogP contribution in [-0.2, 0) is 16.6 Å². The molecule has 0 spiro atoms. The van der Waals surface area contributed by atoms with Gasteiger partial charge < -0.3 is 0 Å². The van der Waals surface area contributed by atoms with Crippen LogP contribution in [-0.4, -0.2) is 8.42 Å². The van der Waals surface area contributed by atoms with E-state index in [1.165, 1.54) is 16.4 Å². The number of anilines is 1. The second-order valence-electron chi connectivity index (χ2n) is 5.94. The molecule has 0 saturated carbocycles. The standard InChI is InChI=1S/C21H18N2O2S/c1-17-11-13-20(14-12-17)23(16-18-7-3-2-4-8-18)26(24,25)21-10-6-5-9-19(21)15-22/h2-14H,16H2,1H3. The Kier molecular flexibility index (Phi) is 5.06. The molecule has 3 aromatic rings. The fraction of sp³-hybridized carbons (Fsp3) is 0.0952. The van der Waals surface area contributed by atoms with Crippen molar-refractivity contribution >= 4 is 15.7 Å². The number of nitriles is 1. The monoisotopic (exact) mass is 362 g/mol. The molecule has 0 N–H and O–H groups in total. The van der Waals surface area contributed by atoms with Gasteiger partial charge in [-0.25, -0.2) is 8.42 Å². The molecule has 0 heterocycles. The van der Waals surface area contributed by atoms with E-state index >= 15 is 0 Å². The molecule has 5 heteroatoms. The van der Waals surface area contributed by atoms with E-state index in [9.17, 15) is 13.7 Å². The SMILES string of the molecule is Cc1ccc(N(Cc2ccccc2)S(=O)(=O)c2ccccc2C#N)cc1. The Morgan fingerprint density at radius 2 is 1.50 bits per heavy atom. The summed E-state index contributed by atoms with van der Waals surface area (Å²) in [5.41, 5.74) is 2.61. The minimum atomic E-state index is -3.90. The van der Waals surface area contributed by atoms with Crippen LogP contribution >= 0.6 is 0 Å². The van der Waals surface area contributed by atoms with Crippen LogP contribution in [0.25, 0.3) is 0 Å². The highest BCUT2D eigenvalue weighted by molar-refractivity contribution is 7.92. The van der Waals surface area contributed by atoms with Crippen LogP contribution in [0.15, 0.2) is 83.8 Å². The van der Waals surface area contributed by atoms with Crippen LogP contribution in [0.1, 0.15) is 16.7 Å². The highest BCUT2D eigenvalue weighted by Gasteiger charge is 2.27. The molecule has 0 aromatic heterocycles. The van der Waals surface area contributed by atoms with Crippen molar-refractivity contribution in [1.82, 2.24) is 0 Å². The van der Waals surface area contributed by atoms with Gasteiger partial charge in [-0.1, -0.05) is 60.2 Å². The minimum Gasteiger partial charge on any atom is -0.262 e. The maximum Gasteiger partial charge on any atom is 0.265 e. The van der Waals surface area contributed by atoms with E-state index < -0.39 is 10.0 Å². The van der Waals surface area contributed by atoms with Gasteiger partial charge in [-0.05, 0) is 36.8 Å². The molecule has 3 rings (SSSR count). The summed E-state index contributed by atoms with van der Waals surface area (Å²) in [7, 11) is -3.90. The lowest BCUT2D eigenvalue weighted by molar-refractivity contribution is 0.590. The fourth-order valence-electron chi connectivity index (χ4n) is 2.68. The Bertz CT molecular complexity index is 1040. The van der Waals surface area contributed by atoms with Crippen LogP contribution in [0, 0.1) is 18.3 Å². The molecule has 4 nitrogen and oxygen atoms in total. The first-order valence-corrected chi connectivity index (χ1v) is 9.59. The summed E-state index contributed by atoms with van der Waals surface area (Å²) in [5.74, 6) is 0. The van der Waals surface area contributed by atoms with E-state index in [-0.39, 0.29) is 17.0 Å². The number of hydrogen-bond acceptors (Lipinski definition) is 3. The third-order valence-corrected chi connectivity index (χ3v) is 5.90. The number of benzene rings is 3. The quantitative estimate of drug-likeness (QED) is 0.681. The smallest absolute Gasteiger partial charge is 0.262 e. The molecule has 3 aromatic carbocycles. The lowest BCUT2D eigenvalue weighted by atomic mass is 10.2. The van der Waals surface area contributed by atoms with Gasteiger partial charge in [-0.3, -0.25) is 4.31 Å². The number of aryl methyl sites for hydroxylation is 1. The van der Waals surface area contributed by atoms with Crippen molar-refractivity contribution in [2.45, 2.75) is 18.4 Å². The third kappa shape index (κ3) is 3.61. The number of sulfonamides is 1. The summed E-state index contributed by atoms with van der Waals surface area (Å²) in [6.45, 7) is 2.14. The van der Waals surface area contributed by atoms with Crippen molar-refractivity contribution in [2.24, 2.45) is 0 Å². The molecule has 0 bridgehead atoms. The molecule has 0 atom stereocenters. The molecule has 130 valence electrons. The molecule has 0 amide bonds. The van der Waals surface area contributed by atoms with E-state index in [0.29, 0.717) is 5.69 Å². The largest absolute Gasteiger partial charge is 0.265 e. The molecule has 0 unspecified atom stereocenters. The lowest BCUT2D eigenvalue weighted by Gasteiger charge is -2.25. The average Bonchev–Trinajstić information content (AvgIpc) is 2.67. The second kappa shape index (κ2) is 7.42. The summed E-state index contributed by atoms with van der Waals surface area (Å²) in [6, 6.07) is 25.0. The Morgan fingerprint density at radius 3 is 2.15 bits per heavy atom. The summed E-state index contributed by atoms with van der Waals surface area (Å²) < 4.78 is 28.1. The molecule has 0 fully saturated rings. The van der Waals surface area contributed by atoms with E-state index in [1.807, 2.05) is 55.5 Å². The molecule has 0 saturated heterocycles. The minimum absolute atomic E-state index is 0.0130. The highest BCUT2D eigenvalue weighted by atomic mass is 32.2. The van der Waals surface area contributed by atoms with Gasteiger partial charge in [-0.2, -0.15) is 5.26 Å². The van der Waals surface area contributed by atoms with Crippen molar-refractivity contribution in [3.05, 3.63) is 95.6 Å². The van der Waals surface area contributed by atoms with Crippen LogP contribution in [0.4, 0.5) is 5.69 Å². The molecule has 0 aliphatic carbocycles. The summed E-state index contributed by atoms with van der Waals surface area (Å²) in [6.07, 6.45) is 0. The van der Waals surface area contributed by atoms with Crippen LogP contribution < -0.4 is 4.31 Å². The van der Waals surface area contributed by atoms with Crippen molar-refractivity contribution in [3.8, 4) is 6.07 Å². The first-order valence-electron chi connectivity index (χ1n) is 8.15. The Hall–Kier alpha value is -3.10. The number of rotatable bonds is 5. The zero-order chi connectivity index (χ0) is 18.6. The van der Waals surface area contributed by atoms with E-state index in [0.717, 1.165) is 11.1 Å². The van der Waals surface area contributed by atoms with Gasteiger partial charge in [0.25, 0.3) is 10.0 Å². The van der Waals surface area contributed by atoms with E-state index in [1.54, 1.807) is 24.3 Å². The Labute approximate surface area is 154 Å². The van der Waals surface area contributed by atoms with Crippen molar-refractivity contribution in [1.29, 1.82) is 5.26 Å². The maximum atomic E-state index is 13.4. The highest BCUT2D eigenvalue weighted by Crippen LogP contribution is 2.28. The van der Waals surface area contributed by atoms with Gasteiger partial charge in [0.05, 0.1) is 17.8 Å². The lowest BCUT2D eigenvalue weighted by Crippen LogP contribution is -2.31. The number of hydrogen-bond donors (Lipinski definition) is 0. The summed E-state index contributed by atoms with van der Waals surface area (Å²) in [5, 5.41) is 9.33. The summed E-state index contributed by atoms with van der Waals surface area (Å²) in [4.78, 5) is 0.0130. The van der Waals surface area contributed by atoms with Crippen LogP contribution in [0.5, 0.6) is 0 Å². The van der Waals surface area contributed by atoms with Gasteiger partial charge >= 0.3 is 0 Å². The van der Waals surface area contributed by atoms with Crippen molar-refractivity contribution < 1.29 is 8.42 Å². The van der Waals surface area contributed by atoms with E-state index in [2.05, 4.69) is 0 Å². The summed E-state index contributed by atoms with van der Waals surface area (Å²) >= 11 is 0. The first kappa shape index (κ1) is 17.7. The van der Waals surface area contributed by atoms with Gasteiger partial charge in [0.2, 0.25) is 0 Å². The zero-order valence-electron chi connectivity index (χ0n) is 14.3. The average molecular weight is 362 g/mol. The second-order valence-corrected chi connectivity index (χ2v) is 7.77. The Balaban J connectivity index is 2.13. The van der Waals surface area contributed by atoms with Gasteiger partial charge in [-0.15, -0.1) is 0 Å². The molecular formula is C21H18N2O2S. The molecule has 26 heavy (non-hydrogen) atoms. The number of nitrogens with zero attached hydrogens (tertiary/aromatic N) is 2. The zero-order valence-corrected chi connectivity index (χ0v) is 15.1. The fourth-order valence-corrected chi connectivity index (χ4v) is 4.28.